The van der Waals surface area contributed by atoms with Crippen LogP contribution in [0, 0.1) is 0 Å². The van der Waals surface area contributed by atoms with Crippen molar-refractivity contribution < 1.29 is 4.79 Å². The van der Waals surface area contributed by atoms with Crippen molar-refractivity contribution in [3.63, 3.8) is 0 Å². The molecule has 21 heavy (non-hydrogen) atoms. The fraction of sp³-hybridized carbons (Fsp3) is 0.214. The lowest BCUT2D eigenvalue weighted by atomic mass is 10.3. The molecule has 0 aliphatic heterocycles. The Morgan fingerprint density at radius 2 is 1.81 bits per heavy atom. The molecule has 2 rings (SSSR count). The van der Waals surface area contributed by atoms with E-state index in [1.54, 1.807) is 29.5 Å². The Morgan fingerprint density at radius 3 is 2.43 bits per heavy atom. The Hall–Kier alpha value is -0.780. The molecule has 2 N–H and O–H groups in total. The molecular formula is C14H13Cl3N2OS. The van der Waals surface area contributed by atoms with E-state index in [4.69, 9.17) is 34.8 Å². The van der Waals surface area contributed by atoms with Crippen LogP contribution in [0.5, 0.6) is 0 Å². The molecule has 0 saturated carbocycles. The summed E-state index contributed by atoms with van der Waals surface area (Å²) in [5.41, 5.74) is 0.442. The van der Waals surface area contributed by atoms with Crippen LogP contribution >= 0.6 is 46.1 Å². The van der Waals surface area contributed by atoms with Crippen molar-refractivity contribution >= 4 is 57.7 Å². The highest BCUT2D eigenvalue weighted by Gasteiger charge is 2.09. The predicted molar refractivity (Wildman–Crippen MR) is 91.0 cm³/mol. The largest absolute Gasteiger partial charge is 0.322 e. The Bertz CT molecular complexity index is 610. The molecule has 1 aromatic carbocycles. The Balaban J connectivity index is 1.75. The van der Waals surface area contributed by atoms with Crippen LogP contribution in [0.1, 0.15) is 4.88 Å². The maximum atomic E-state index is 11.8. The van der Waals surface area contributed by atoms with Gasteiger partial charge in [-0.05, 0) is 30.7 Å². The first-order chi connectivity index (χ1) is 10.1. The highest BCUT2D eigenvalue weighted by molar-refractivity contribution is 7.16. The first-order valence-electron chi connectivity index (χ1n) is 6.25. The summed E-state index contributed by atoms with van der Waals surface area (Å²) in [5.74, 6) is -0.186. The Kier molecular flexibility index (Phi) is 6.33. The molecule has 112 valence electrons. The van der Waals surface area contributed by atoms with E-state index in [2.05, 4.69) is 10.6 Å². The summed E-state index contributed by atoms with van der Waals surface area (Å²) >= 11 is 19.4. The van der Waals surface area contributed by atoms with Crippen LogP contribution in [0.15, 0.2) is 30.3 Å². The fourth-order valence-electron chi connectivity index (χ4n) is 1.70. The number of anilines is 1. The molecule has 0 saturated heterocycles. The molecule has 1 amide bonds. The van der Waals surface area contributed by atoms with E-state index >= 15 is 0 Å². The van der Waals surface area contributed by atoms with Crippen LogP contribution < -0.4 is 10.6 Å². The van der Waals surface area contributed by atoms with E-state index in [0.29, 0.717) is 22.3 Å². The smallest absolute Gasteiger partial charge is 0.238 e. The number of carbonyl (C=O) groups is 1. The third-order valence-corrected chi connectivity index (χ3v) is 4.61. The average Bonchev–Trinajstić information content (AvgIpc) is 2.85. The van der Waals surface area contributed by atoms with Crippen molar-refractivity contribution in [1.29, 1.82) is 0 Å². The van der Waals surface area contributed by atoms with Gasteiger partial charge in [0, 0.05) is 11.4 Å². The van der Waals surface area contributed by atoms with E-state index in [0.717, 1.165) is 10.8 Å². The maximum Gasteiger partial charge on any atom is 0.238 e. The monoisotopic (exact) mass is 362 g/mol. The number of hydrogen-bond donors (Lipinski definition) is 2. The van der Waals surface area contributed by atoms with E-state index in [9.17, 15) is 4.79 Å². The second kappa shape index (κ2) is 8.01. The van der Waals surface area contributed by atoms with Crippen LogP contribution in [0.2, 0.25) is 14.4 Å². The van der Waals surface area contributed by atoms with Gasteiger partial charge in [-0.15, -0.1) is 11.3 Å². The number of rotatable bonds is 6. The van der Waals surface area contributed by atoms with Crippen molar-refractivity contribution in [2.24, 2.45) is 0 Å². The van der Waals surface area contributed by atoms with Crippen molar-refractivity contribution in [3.8, 4) is 0 Å². The van der Waals surface area contributed by atoms with Crippen LogP contribution in [0.4, 0.5) is 5.69 Å². The van der Waals surface area contributed by atoms with Gasteiger partial charge >= 0.3 is 0 Å². The molecule has 1 aromatic heterocycles. The lowest BCUT2D eigenvalue weighted by Gasteiger charge is -2.09. The third-order valence-electron chi connectivity index (χ3n) is 2.69. The second-order valence-electron chi connectivity index (χ2n) is 4.28. The average molecular weight is 364 g/mol. The van der Waals surface area contributed by atoms with Crippen molar-refractivity contribution in [1.82, 2.24) is 5.32 Å². The van der Waals surface area contributed by atoms with Gasteiger partial charge in [0.15, 0.2) is 0 Å². The molecule has 0 aliphatic carbocycles. The van der Waals surface area contributed by atoms with Crippen LogP contribution in [0.3, 0.4) is 0 Å². The number of carbonyl (C=O) groups excluding carboxylic acids is 1. The molecule has 0 spiro atoms. The summed E-state index contributed by atoms with van der Waals surface area (Å²) in [6, 6.07) is 8.94. The van der Waals surface area contributed by atoms with Crippen LogP contribution in [-0.4, -0.2) is 19.0 Å². The van der Waals surface area contributed by atoms with Gasteiger partial charge in [-0.1, -0.05) is 40.9 Å². The molecule has 2 aromatic rings. The minimum absolute atomic E-state index is 0.186. The predicted octanol–water partition coefficient (Wildman–Crippen LogP) is 4.48. The number of nitrogens with one attached hydrogen (secondary N) is 2. The molecule has 7 heteroatoms. The molecule has 0 unspecified atom stereocenters. The second-order valence-corrected chi connectivity index (χ2v) is 6.89. The van der Waals surface area contributed by atoms with Gasteiger partial charge in [-0.25, -0.2) is 0 Å². The quantitative estimate of drug-likeness (QED) is 0.743. The van der Waals surface area contributed by atoms with Gasteiger partial charge in [0.25, 0.3) is 0 Å². The number of halogens is 3. The van der Waals surface area contributed by atoms with E-state index in [1.165, 1.54) is 4.88 Å². The molecule has 0 atom stereocenters. The van der Waals surface area contributed by atoms with Gasteiger partial charge in [0.1, 0.15) is 0 Å². The molecule has 0 bridgehead atoms. The van der Waals surface area contributed by atoms with Gasteiger partial charge in [0.05, 0.1) is 26.6 Å². The zero-order valence-electron chi connectivity index (χ0n) is 11.0. The highest BCUT2D eigenvalue weighted by Crippen LogP contribution is 2.29. The van der Waals surface area contributed by atoms with Gasteiger partial charge in [-0.3, -0.25) is 4.79 Å². The molecular weight excluding hydrogens is 351 g/mol. The first kappa shape index (κ1) is 16.6. The molecule has 0 radical (unpaired) electrons. The lowest BCUT2D eigenvalue weighted by molar-refractivity contribution is -0.115. The van der Waals surface area contributed by atoms with Crippen molar-refractivity contribution in [2.45, 2.75) is 6.42 Å². The number of thiophene rings is 1. The standard InChI is InChI=1S/C14H13Cl3N2OS/c15-10-2-1-3-11(16)14(10)19-13(20)8-18-7-6-9-4-5-12(17)21-9/h1-5,18H,6-8H2,(H,19,20). The number of hydrogen-bond acceptors (Lipinski definition) is 3. The molecule has 1 heterocycles. The van der Waals surface area contributed by atoms with Gasteiger partial charge in [0.2, 0.25) is 5.91 Å². The van der Waals surface area contributed by atoms with E-state index in [-0.39, 0.29) is 12.5 Å². The summed E-state index contributed by atoms with van der Waals surface area (Å²) < 4.78 is 0.774. The Morgan fingerprint density at radius 1 is 1.10 bits per heavy atom. The zero-order valence-corrected chi connectivity index (χ0v) is 14.0. The van der Waals surface area contributed by atoms with Crippen molar-refractivity contribution in [2.75, 3.05) is 18.4 Å². The van der Waals surface area contributed by atoms with Crippen LogP contribution in [0.25, 0.3) is 0 Å². The minimum Gasteiger partial charge on any atom is -0.322 e. The lowest BCUT2D eigenvalue weighted by Crippen LogP contribution is -2.29. The molecule has 3 nitrogen and oxygen atoms in total. The van der Waals surface area contributed by atoms with Gasteiger partial charge in [-0.2, -0.15) is 0 Å². The van der Waals surface area contributed by atoms with Gasteiger partial charge < -0.3 is 10.6 Å². The first-order valence-corrected chi connectivity index (χ1v) is 8.20. The summed E-state index contributed by atoms with van der Waals surface area (Å²) in [4.78, 5) is 13.0. The fourth-order valence-corrected chi connectivity index (χ4v) is 3.28. The summed E-state index contributed by atoms with van der Waals surface area (Å²) in [5, 5.41) is 6.61. The maximum absolute atomic E-state index is 11.8. The number of para-hydroxylation sites is 1. The minimum atomic E-state index is -0.186. The van der Waals surface area contributed by atoms with E-state index < -0.39 is 0 Å². The van der Waals surface area contributed by atoms with Crippen molar-refractivity contribution in [3.05, 3.63) is 49.6 Å². The summed E-state index contributed by atoms with van der Waals surface area (Å²) in [7, 11) is 0. The molecule has 0 fully saturated rings. The number of amides is 1. The van der Waals surface area contributed by atoms with E-state index in [1.807, 2.05) is 12.1 Å². The summed E-state index contributed by atoms with van der Waals surface area (Å²) in [6.45, 7) is 0.890. The summed E-state index contributed by atoms with van der Waals surface area (Å²) in [6.07, 6.45) is 0.831. The molecule has 0 aliphatic rings. The topological polar surface area (TPSA) is 41.1 Å². The normalized spacial score (nSPS) is 10.6. The third kappa shape index (κ3) is 5.16. The number of benzene rings is 1. The van der Waals surface area contributed by atoms with Crippen LogP contribution in [-0.2, 0) is 11.2 Å². The zero-order chi connectivity index (χ0) is 15.2. The Labute approximate surface area is 142 Å². The SMILES string of the molecule is O=C(CNCCc1ccc(Cl)s1)Nc1c(Cl)cccc1Cl. The highest BCUT2D eigenvalue weighted by atomic mass is 35.5.